The fourth-order valence-electron chi connectivity index (χ4n) is 2.79. The van der Waals surface area contributed by atoms with E-state index in [1.54, 1.807) is 44.4 Å². The molecule has 0 radical (unpaired) electrons. The molecule has 3 rings (SSSR count). The van der Waals surface area contributed by atoms with E-state index < -0.39 is 10.0 Å². The van der Waals surface area contributed by atoms with Gasteiger partial charge in [-0.25, -0.2) is 13.4 Å². The molecule has 1 N–H and O–H groups in total. The molecule has 1 aliphatic heterocycles. The number of amides is 1. The van der Waals surface area contributed by atoms with Crippen molar-refractivity contribution in [2.75, 3.05) is 10.5 Å². The lowest BCUT2D eigenvalue weighted by molar-refractivity contribution is -0.133. The lowest BCUT2D eigenvalue weighted by Crippen LogP contribution is -2.25. The highest BCUT2D eigenvalue weighted by Gasteiger charge is 2.34. The second-order valence-corrected chi connectivity index (χ2v) is 7.97. The lowest BCUT2D eigenvalue weighted by atomic mass is 10.0. The fraction of sp³-hybridized carbons (Fsp3) is 0.333. The first kappa shape index (κ1) is 18.2. The van der Waals surface area contributed by atoms with Gasteiger partial charge in [0.15, 0.2) is 0 Å². The summed E-state index contributed by atoms with van der Waals surface area (Å²) in [7, 11) is -3.36. The van der Waals surface area contributed by atoms with E-state index in [1.807, 2.05) is 12.1 Å². The molecule has 0 saturated carbocycles. The van der Waals surface area contributed by atoms with E-state index in [2.05, 4.69) is 9.82 Å². The van der Waals surface area contributed by atoms with Crippen LogP contribution in [0.15, 0.2) is 52.2 Å². The van der Waals surface area contributed by atoms with E-state index in [1.165, 1.54) is 5.01 Å². The average Bonchev–Trinajstić information content (AvgIpc) is 3.30. The predicted molar refractivity (Wildman–Crippen MR) is 99.3 cm³/mol. The Kier molecular flexibility index (Phi) is 5.13. The zero-order valence-corrected chi connectivity index (χ0v) is 15.5. The van der Waals surface area contributed by atoms with Crippen LogP contribution in [0, 0.1) is 0 Å². The number of nitrogens with zero attached hydrogens (tertiary/aromatic N) is 2. The number of benzene rings is 1. The van der Waals surface area contributed by atoms with Gasteiger partial charge in [-0.15, -0.1) is 0 Å². The number of hydrazone groups is 1. The van der Waals surface area contributed by atoms with E-state index in [4.69, 9.17) is 4.42 Å². The molecule has 0 aliphatic carbocycles. The van der Waals surface area contributed by atoms with Gasteiger partial charge in [0.25, 0.3) is 0 Å². The number of rotatable bonds is 6. The number of nitrogens with one attached hydrogen (secondary N) is 1. The Morgan fingerprint density at radius 3 is 2.77 bits per heavy atom. The van der Waals surface area contributed by atoms with Crippen LogP contribution in [0.4, 0.5) is 5.69 Å². The van der Waals surface area contributed by atoms with Crippen molar-refractivity contribution in [3.63, 3.8) is 0 Å². The molecule has 1 aromatic carbocycles. The van der Waals surface area contributed by atoms with Crippen LogP contribution in [0.25, 0.3) is 0 Å². The van der Waals surface area contributed by atoms with Crippen LogP contribution in [0.2, 0.25) is 0 Å². The molecule has 138 valence electrons. The molecule has 7 nitrogen and oxygen atoms in total. The topological polar surface area (TPSA) is 92.0 Å². The summed E-state index contributed by atoms with van der Waals surface area (Å²) in [5.74, 6) is 0.579. The number of sulfonamides is 1. The van der Waals surface area contributed by atoms with E-state index >= 15 is 0 Å². The van der Waals surface area contributed by atoms with Gasteiger partial charge >= 0.3 is 0 Å². The third kappa shape index (κ3) is 3.80. The molecule has 8 heteroatoms. The summed E-state index contributed by atoms with van der Waals surface area (Å²) < 4.78 is 31.6. The summed E-state index contributed by atoms with van der Waals surface area (Å²) in [5.41, 5.74) is 1.96. The molecule has 2 aromatic rings. The highest BCUT2D eigenvalue weighted by Crippen LogP contribution is 2.33. The first-order chi connectivity index (χ1) is 12.4. The SMILES string of the molecule is CCC(=O)N1N=C(c2cccc(NS(=O)(=O)CC)c2)C[C@H]1c1ccco1. The minimum Gasteiger partial charge on any atom is -0.467 e. The number of hydrogen-bond acceptors (Lipinski definition) is 5. The van der Waals surface area contributed by atoms with Gasteiger partial charge in [0, 0.05) is 18.5 Å². The highest BCUT2D eigenvalue weighted by molar-refractivity contribution is 7.92. The van der Waals surface area contributed by atoms with Gasteiger partial charge in [-0.3, -0.25) is 9.52 Å². The molecule has 0 spiro atoms. The van der Waals surface area contributed by atoms with Crippen molar-refractivity contribution >= 4 is 27.3 Å². The zero-order chi connectivity index (χ0) is 18.7. The smallest absolute Gasteiger partial charge is 0.243 e. The second kappa shape index (κ2) is 7.33. The zero-order valence-electron chi connectivity index (χ0n) is 14.7. The summed E-state index contributed by atoms with van der Waals surface area (Å²) in [4.78, 5) is 12.3. The third-order valence-electron chi connectivity index (χ3n) is 4.19. The normalized spacial score (nSPS) is 17.2. The molecule has 0 unspecified atom stereocenters. The van der Waals surface area contributed by atoms with Gasteiger partial charge in [-0.2, -0.15) is 5.10 Å². The van der Waals surface area contributed by atoms with Crippen LogP contribution in [0.3, 0.4) is 0 Å². The maximum atomic E-state index is 12.3. The van der Waals surface area contributed by atoms with E-state index in [-0.39, 0.29) is 17.7 Å². The Morgan fingerprint density at radius 2 is 2.12 bits per heavy atom. The third-order valence-corrected chi connectivity index (χ3v) is 5.50. The van der Waals surface area contributed by atoms with E-state index in [9.17, 15) is 13.2 Å². The average molecular weight is 375 g/mol. The van der Waals surface area contributed by atoms with Crippen LogP contribution in [-0.4, -0.2) is 30.8 Å². The van der Waals surface area contributed by atoms with Crippen molar-refractivity contribution in [3.8, 4) is 0 Å². The van der Waals surface area contributed by atoms with E-state index in [0.717, 1.165) is 5.56 Å². The lowest BCUT2D eigenvalue weighted by Gasteiger charge is -2.18. The molecule has 0 fully saturated rings. The maximum Gasteiger partial charge on any atom is 0.243 e. The van der Waals surface area contributed by atoms with Crippen LogP contribution < -0.4 is 4.72 Å². The van der Waals surface area contributed by atoms with Crippen molar-refractivity contribution in [2.24, 2.45) is 5.10 Å². The monoisotopic (exact) mass is 375 g/mol. The summed E-state index contributed by atoms with van der Waals surface area (Å²) in [6.07, 6.45) is 2.41. The molecule has 0 saturated heterocycles. The van der Waals surface area contributed by atoms with E-state index in [0.29, 0.717) is 30.0 Å². The quantitative estimate of drug-likeness (QED) is 0.839. The minimum atomic E-state index is -3.36. The molecule has 1 aliphatic rings. The Hall–Kier alpha value is -2.61. The second-order valence-electron chi connectivity index (χ2n) is 5.96. The Labute approximate surface area is 152 Å². The molecule has 1 aromatic heterocycles. The van der Waals surface area contributed by atoms with Gasteiger partial charge in [-0.1, -0.05) is 19.1 Å². The van der Waals surface area contributed by atoms with Crippen LogP contribution in [0.5, 0.6) is 0 Å². The Balaban J connectivity index is 1.90. The molecule has 0 bridgehead atoms. The van der Waals surface area contributed by atoms with Crippen molar-refractivity contribution in [3.05, 3.63) is 54.0 Å². The maximum absolute atomic E-state index is 12.3. The number of hydrogen-bond donors (Lipinski definition) is 1. The molecule has 1 amide bonds. The largest absolute Gasteiger partial charge is 0.467 e. The van der Waals surface area contributed by atoms with Crippen molar-refractivity contribution in [1.82, 2.24) is 5.01 Å². The van der Waals surface area contributed by atoms with Crippen LogP contribution in [0.1, 0.15) is 44.1 Å². The Morgan fingerprint density at radius 1 is 1.31 bits per heavy atom. The summed E-state index contributed by atoms with van der Waals surface area (Å²) in [5, 5.41) is 5.94. The molecule has 1 atom stereocenters. The number of anilines is 1. The first-order valence-electron chi connectivity index (χ1n) is 8.47. The Bertz CT molecular complexity index is 920. The summed E-state index contributed by atoms with van der Waals surface area (Å²) in [6.45, 7) is 3.37. The van der Waals surface area contributed by atoms with Crippen LogP contribution in [-0.2, 0) is 14.8 Å². The molecule has 26 heavy (non-hydrogen) atoms. The summed E-state index contributed by atoms with van der Waals surface area (Å²) in [6, 6.07) is 10.3. The molecule has 2 heterocycles. The van der Waals surface area contributed by atoms with Crippen molar-refractivity contribution in [2.45, 2.75) is 32.7 Å². The number of carbonyl (C=O) groups is 1. The van der Waals surface area contributed by atoms with Crippen molar-refractivity contribution in [1.29, 1.82) is 0 Å². The van der Waals surface area contributed by atoms with Crippen LogP contribution >= 0.6 is 0 Å². The number of furan rings is 1. The summed E-state index contributed by atoms with van der Waals surface area (Å²) >= 11 is 0. The van der Waals surface area contributed by atoms with Gasteiger partial charge in [0.05, 0.1) is 17.7 Å². The molecular weight excluding hydrogens is 354 g/mol. The first-order valence-corrected chi connectivity index (χ1v) is 10.1. The molecular formula is C18H21N3O4S. The van der Waals surface area contributed by atoms with Gasteiger partial charge in [0.1, 0.15) is 11.8 Å². The predicted octanol–water partition coefficient (Wildman–Crippen LogP) is 3.13. The van der Waals surface area contributed by atoms with Gasteiger partial charge < -0.3 is 4.42 Å². The van der Waals surface area contributed by atoms with Crippen molar-refractivity contribution < 1.29 is 17.6 Å². The standard InChI is InChI=1S/C18H21N3O4S/c1-3-18(22)21-16(17-9-6-10-25-17)12-15(19-21)13-7-5-8-14(11-13)20-26(23,24)4-2/h5-11,16,20H,3-4,12H2,1-2H3/t16-/m0/s1. The highest BCUT2D eigenvalue weighted by atomic mass is 32.2. The van der Waals surface area contributed by atoms with Gasteiger partial charge in [-0.05, 0) is 36.8 Å². The fourth-order valence-corrected chi connectivity index (χ4v) is 3.42. The minimum absolute atomic E-state index is 0.00246. The number of carbonyl (C=O) groups excluding carboxylic acids is 1. The van der Waals surface area contributed by atoms with Gasteiger partial charge in [0.2, 0.25) is 15.9 Å².